The third-order valence-corrected chi connectivity index (χ3v) is 7.17. The van der Waals surface area contributed by atoms with Crippen LogP contribution in [-0.4, -0.2) is 73.8 Å². The number of urea groups is 1. The normalized spacial score (nSPS) is 17.7. The number of nitrogens with one attached hydrogen (secondary N) is 1. The van der Waals surface area contributed by atoms with Gasteiger partial charge in [0.15, 0.2) is 0 Å². The maximum Gasteiger partial charge on any atom is 0.325 e. The highest BCUT2D eigenvalue weighted by Crippen LogP contribution is 2.39. The van der Waals surface area contributed by atoms with Crippen LogP contribution in [0.25, 0.3) is 5.57 Å². The van der Waals surface area contributed by atoms with Crippen molar-refractivity contribution in [1.82, 2.24) is 15.1 Å². The van der Waals surface area contributed by atoms with Gasteiger partial charge in [-0.1, -0.05) is 30.8 Å². The molecule has 2 fully saturated rings. The van der Waals surface area contributed by atoms with Gasteiger partial charge < -0.3 is 20.8 Å². The van der Waals surface area contributed by atoms with E-state index in [-0.39, 0.29) is 17.5 Å². The lowest BCUT2D eigenvalue weighted by Gasteiger charge is -2.43. The molecule has 4 rings (SSSR count). The molecule has 1 spiro atoms. The first-order valence-electron chi connectivity index (χ1n) is 12.1. The van der Waals surface area contributed by atoms with E-state index >= 15 is 0 Å². The lowest BCUT2D eigenvalue weighted by Crippen LogP contribution is -2.55. The largest absolute Gasteiger partial charge is 0.497 e. The smallest absolute Gasteiger partial charge is 0.325 e. The maximum atomic E-state index is 13.9. The predicted octanol–water partition coefficient (Wildman–Crippen LogP) is 2.68. The first-order chi connectivity index (χ1) is 17.4. The van der Waals surface area contributed by atoms with Crippen molar-refractivity contribution in [2.24, 2.45) is 10.9 Å². The number of likely N-dealkylation sites (N-methyl/N-ethyl adjacent to an activating group) is 1. The number of nitrogens with two attached hydrogens (primary N) is 1. The number of rotatable bonds is 8. The number of amides is 3. The lowest BCUT2D eigenvalue weighted by molar-refractivity contribution is -0.122. The van der Waals surface area contributed by atoms with E-state index in [0.29, 0.717) is 25.2 Å². The van der Waals surface area contributed by atoms with E-state index in [4.69, 9.17) is 10.6 Å². The second-order valence-corrected chi connectivity index (χ2v) is 9.33. The van der Waals surface area contributed by atoms with Gasteiger partial charge in [-0.3, -0.25) is 14.6 Å². The summed E-state index contributed by atoms with van der Waals surface area (Å²) in [6.07, 6.45) is 3.09. The molecule has 2 saturated heterocycles. The van der Waals surface area contributed by atoms with Crippen molar-refractivity contribution in [3.05, 3.63) is 66.2 Å². The Balaban J connectivity index is 1.60. The van der Waals surface area contributed by atoms with E-state index in [0.717, 1.165) is 48.5 Å². The van der Waals surface area contributed by atoms with Gasteiger partial charge in [0.05, 0.1) is 32.0 Å². The Morgan fingerprint density at radius 2 is 1.94 bits per heavy atom. The van der Waals surface area contributed by atoms with Gasteiger partial charge in [-0.05, 0) is 53.8 Å². The zero-order valence-corrected chi connectivity index (χ0v) is 20.9. The molecule has 3 amide bonds. The second-order valence-electron chi connectivity index (χ2n) is 9.33. The molecule has 36 heavy (non-hydrogen) atoms. The van der Waals surface area contributed by atoms with Crippen LogP contribution in [0.1, 0.15) is 24.0 Å². The summed E-state index contributed by atoms with van der Waals surface area (Å²) < 4.78 is 5.40. The number of carbonyl (C=O) groups excluding carboxylic acids is 2. The molecule has 0 aromatic heterocycles. The van der Waals surface area contributed by atoms with Crippen molar-refractivity contribution in [2.45, 2.75) is 24.9 Å². The van der Waals surface area contributed by atoms with Crippen LogP contribution >= 0.6 is 0 Å². The molecule has 2 aromatic carbocycles. The van der Waals surface area contributed by atoms with Gasteiger partial charge >= 0.3 is 6.03 Å². The fourth-order valence-corrected chi connectivity index (χ4v) is 5.04. The number of piperidine rings is 1. The SMILES string of the molecule is C=C(/C=N\N)c1ccc(N2CC3(CCN(CC(=O)NC)CC3)N(Cc3cccc(OC)c3)C2=O)cc1. The Hall–Kier alpha value is -3.85. The van der Waals surface area contributed by atoms with Crippen molar-refractivity contribution in [3.63, 3.8) is 0 Å². The van der Waals surface area contributed by atoms with E-state index in [1.54, 1.807) is 14.2 Å². The Labute approximate surface area is 212 Å². The molecule has 0 atom stereocenters. The molecule has 0 aliphatic carbocycles. The van der Waals surface area contributed by atoms with Gasteiger partial charge in [-0.15, -0.1) is 0 Å². The van der Waals surface area contributed by atoms with Gasteiger partial charge in [-0.2, -0.15) is 5.10 Å². The topological polar surface area (TPSA) is 104 Å². The van der Waals surface area contributed by atoms with Crippen LogP contribution in [0.5, 0.6) is 5.75 Å². The average molecular weight is 491 g/mol. The van der Waals surface area contributed by atoms with Crippen LogP contribution in [0.2, 0.25) is 0 Å². The molecule has 190 valence electrons. The number of carbonyl (C=O) groups is 2. The summed E-state index contributed by atoms with van der Waals surface area (Å²) in [6, 6.07) is 15.6. The number of nitrogens with zero attached hydrogens (tertiary/aromatic N) is 4. The van der Waals surface area contributed by atoms with Crippen LogP contribution in [-0.2, 0) is 11.3 Å². The zero-order valence-electron chi connectivity index (χ0n) is 20.9. The minimum atomic E-state index is -0.326. The summed E-state index contributed by atoms with van der Waals surface area (Å²) >= 11 is 0. The lowest BCUT2D eigenvalue weighted by atomic mass is 9.86. The summed E-state index contributed by atoms with van der Waals surface area (Å²) in [5, 5.41) is 6.23. The Morgan fingerprint density at radius 1 is 1.22 bits per heavy atom. The highest BCUT2D eigenvalue weighted by Gasteiger charge is 2.51. The molecule has 9 nitrogen and oxygen atoms in total. The third-order valence-electron chi connectivity index (χ3n) is 7.17. The van der Waals surface area contributed by atoms with Crippen molar-refractivity contribution in [2.75, 3.05) is 45.2 Å². The van der Waals surface area contributed by atoms with E-state index < -0.39 is 0 Å². The standard InChI is InChI=1S/C27H34N6O3/c1-20(16-30-28)22-7-9-23(10-8-22)32-19-27(11-13-31(14-12-27)18-25(34)29-2)33(26(32)35)17-21-5-4-6-24(15-21)36-3/h4-10,15-16H,1,11-14,17-19,28H2,2-3H3,(H,29,34)/b30-16-. The average Bonchev–Trinajstić information content (AvgIpc) is 3.16. The van der Waals surface area contributed by atoms with Gasteiger partial charge in [0.25, 0.3) is 0 Å². The fourth-order valence-electron chi connectivity index (χ4n) is 5.04. The molecule has 9 heteroatoms. The number of ether oxygens (including phenoxy) is 1. The molecular formula is C27H34N6O3. The number of hydrogen-bond acceptors (Lipinski definition) is 6. The number of hydrazone groups is 1. The van der Waals surface area contributed by atoms with Crippen molar-refractivity contribution in [3.8, 4) is 5.75 Å². The molecule has 2 aliphatic rings. The summed E-state index contributed by atoms with van der Waals surface area (Å²) in [5.41, 5.74) is 3.13. The Bertz CT molecular complexity index is 1140. The van der Waals surface area contributed by atoms with Crippen LogP contribution in [0, 0.1) is 0 Å². The van der Waals surface area contributed by atoms with Gasteiger partial charge in [-0.25, -0.2) is 4.79 Å². The highest BCUT2D eigenvalue weighted by atomic mass is 16.5. The molecule has 3 N–H and O–H groups in total. The fraction of sp³-hybridized carbons (Fsp3) is 0.370. The number of likely N-dealkylation sites (tertiary alicyclic amines) is 1. The Kier molecular flexibility index (Phi) is 7.59. The second kappa shape index (κ2) is 10.8. The molecule has 0 unspecified atom stereocenters. The van der Waals surface area contributed by atoms with Crippen molar-refractivity contribution in [1.29, 1.82) is 0 Å². The van der Waals surface area contributed by atoms with Crippen LogP contribution in [0.15, 0.2) is 60.2 Å². The predicted molar refractivity (Wildman–Crippen MR) is 142 cm³/mol. The number of methoxy groups -OCH3 is 1. The molecule has 2 heterocycles. The Morgan fingerprint density at radius 3 is 2.58 bits per heavy atom. The molecule has 2 aliphatic heterocycles. The maximum absolute atomic E-state index is 13.9. The van der Waals surface area contributed by atoms with E-state index in [2.05, 4.69) is 21.9 Å². The highest BCUT2D eigenvalue weighted by molar-refractivity contribution is 6.08. The minimum absolute atomic E-state index is 0.00432. The molecule has 0 radical (unpaired) electrons. The molecular weight excluding hydrogens is 456 g/mol. The molecule has 0 bridgehead atoms. The third kappa shape index (κ3) is 5.21. The van der Waals surface area contributed by atoms with Crippen LogP contribution < -0.4 is 20.8 Å². The van der Waals surface area contributed by atoms with Crippen LogP contribution in [0.3, 0.4) is 0 Å². The van der Waals surface area contributed by atoms with Crippen LogP contribution in [0.4, 0.5) is 10.5 Å². The number of benzene rings is 2. The van der Waals surface area contributed by atoms with Gasteiger partial charge in [0.1, 0.15) is 5.75 Å². The monoisotopic (exact) mass is 490 g/mol. The van der Waals surface area contributed by atoms with Crippen molar-refractivity contribution >= 4 is 29.4 Å². The minimum Gasteiger partial charge on any atom is -0.497 e. The summed E-state index contributed by atoms with van der Waals surface area (Å²) in [4.78, 5) is 31.8. The zero-order chi connectivity index (χ0) is 25.7. The van der Waals surface area contributed by atoms with Crippen molar-refractivity contribution < 1.29 is 14.3 Å². The summed E-state index contributed by atoms with van der Waals surface area (Å²) in [6.45, 7) is 6.92. The summed E-state index contributed by atoms with van der Waals surface area (Å²) in [7, 11) is 3.30. The molecule has 0 saturated carbocycles. The van der Waals surface area contributed by atoms with Gasteiger partial charge in [0, 0.05) is 32.4 Å². The quantitative estimate of drug-likeness (QED) is 0.336. The number of allylic oxidation sites excluding steroid dienone is 1. The van der Waals surface area contributed by atoms with Gasteiger partial charge in [0.2, 0.25) is 5.91 Å². The number of hydrogen-bond donors (Lipinski definition) is 2. The van der Waals surface area contributed by atoms with E-state index in [1.165, 1.54) is 6.21 Å². The first-order valence-corrected chi connectivity index (χ1v) is 12.1. The summed E-state index contributed by atoms with van der Waals surface area (Å²) in [5.74, 6) is 6.02. The first kappa shape index (κ1) is 25.2. The molecule has 2 aromatic rings. The van der Waals surface area contributed by atoms with E-state index in [1.807, 2.05) is 58.3 Å². The number of anilines is 1. The van der Waals surface area contributed by atoms with E-state index in [9.17, 15) is 9.59 Å².